The summed E-state index contributed by atoms with van der Waals surface area (Å²) in [5, 5.41) is 5.55. The van der Waals surface area contributed by atoms with Crippen LogP contribution in [0, 0.1) is 13.8 Å². The minimum absolute atomic E-state index is 0.226. The van der Waals surface area contributed by atoms with Gasteiger partial charge in [0, 0.05) is 18.2 Å². The van der Waals surface area contributed by atoms with Gasteiger partial charge in [0.1, 0.15) is 5.75 Å². The minimum Gasteiger partial charge on any atom is -0.495 e. The van der Waals surface area contributed by atoms with E-state index in [0.717, 1.165) is 16.8 Å². The quantitative estimate of drug-likeness (QED) is 0.907. The summed E-state index contributed by atoms with van der Waals surface area (Å²) >= 11 is 0. The van der Waals surface area contributed by atoms with E-state index in [9.17, 15) is 9.59 Å². The number of ether oxygens (including phenoxy) is 1. The highest BCUT2D eigenvalue weighted by molar-refractivity contribution is 6.06. The number of hydrogen-bond donors (Lipinski definition) is 2. The van der Waals surface area contributed by atoms with Gasteiger partial charge in [-0.1, -0.05) is 12.1 Å². The Morgan fingerprint density at radius 2 is 1.70 bits per heavy atom. The molecule has 0 aliphatic carbocycles. The summed E-state index contributed by atoms with van der Waals surface area (Å²) in [5.41, 5.74) is 3.73. The Balaban J connectivity index is 2.28. The predicted octanol–water partition coefficient (Wildman–Crippen LogP) is 3.52. The summed E-state index contributed by atoms with van der Waals surface area (Å²) in [6.07, 6.45) is 0. The van der Waals surface area contributed by atoms with Crippen molar-refractivity contribution < 1.29 is 14.3 Å². The van der Waals surface area contributed by atoms with Crippen molar-refractivity contribution >= 4 is 23.2 Å². The summed E-state index contributed by atoms with van der Waals surface area (Å²) in [4.78, 5) is 23.7. The van der Waals surface area contributed by atoms with Crippen molar-refractivity contribution in [1.82, 2.24) is 0 Å². The smallest absolute Gasteiger partial charge is 0.255 e. The Morgan fingerprint density at radius 3 is 2.35 bits per heavy atom. The summed E-state index contributed by atoms with van der Waals surface area (Å²) < 4.78 is 5.19. The van der Waals surface area contributed by atoms with E-state index in [4.69, 9.17) is 4.74 Å². The molecular formula is C18H20N2O3. The fraction of sp³-hybridized carbons (Fsp3) is 0.222. The topological polar surface area (TPSA) is 67.4 Å². The highest BCUT2D eigenvalue weighted by Gasteiger charge is 2.12. The number of amides is 2. The monoisotopic (exact) mass is 312 g/mol. The molecule has 0 fully saturated rings. The molecule has 0 bridgehead atoms. The fourth-order valence-electron chi connectivity index (χ4n) is 2.20. The summed E-state index contributed by atoms with van der Waals surface area (Å²) in [5.74, 6) is 0.0341. The Kier molecular flexibility index (Phi) is 5.01. The van der Waals surface area contributed by atoms with E-state index in [0.29, 0.717) is 17.0 Å². The number of nitrogens with one attached hydrogen (secondary N) is 2. The number of hydrogen-bond acceptors (Lipinski definition) is 3. The average Bonchev–Trinajstić information content (AvgIpc) is 2.50. The lowest BCUT2D eigenvalue weighted by atomic mass is 10.1. The number of carbonyl (C=O) groups excluding carboxylic acids is 2. The highest BCUT2D eigenvalue weighted by atomic mass is 16.5. The lowest BCUT2D eigenvalue weighted by Crippen LogP contribution is -2.14. The first-order valence-corrected chi connectivity index (χ1v) is 7.25. The maximum atomic E-state index is 12.5. The van der Waals surface area contributed by atoms with E-state index in [1.807, 2.05) is 32.0 Å². The number of benzene rings is 2. The standard InChI is InChI=1S/C18H20N2O3/c1-11-5-6-12(2)15(9-11)20-18(22)14-7-8-17(23-4)16(10-14)19-13(3)21/h5-10H,1-4H3,(H,19,21)(H,20,22). The number of methoxy groups -OCH3 is 1. The summed E-state index contributed by atoms with van der Waals surface area (Å²) in [7, 11) is 1.51. The van der Waals surface area contributed by atoms with Crippen LogP contribution >= 0.6 is 0 Å². The molecule has 0 aliphatic heterocycles. The van der Waals surface area contributed by atoms with Gasteiger partial charge in [-0.05, 0) is 49.2 Å². The number of rotatable bonds is 4. The van der Waals surface area contributed by atoms with E-state index in [1.165, 1.54) is 14.0 Å². The van der Waals surface area contributed by atoms with Gasteiger partial charge >= 0.3 is 0 Å². The normalized spacial score (nSPS) is 10.1. The van der Waals surface area contributed by atoms with Gasteiger partial charge in [0.05, 0.1) is 12.8 Å². The van der Waals surface area contributed by atoms with Crippen molar-refractivity contribution in [2.45, 2.75) is 20.8 Å². The van der Waals surface area contributed by atoms with Crippen LogP contribution in [-0.2, 0) is 4.79 Å². The van der Waals surface area contributed by atoms with Crippen LogP contribution in [-0.4, -0.2) is 18.9 Å². The molecule has 0 heterocycles. The molecule has 2 aromatic rings. The molecule has 2 N–H and O–H groups in total. The maximum Gasteiger partial charge on any atom is 0.255 e. The first-order valence-electron chi connectivity index (χ1n) is 7.25. The van der Waals surface area contributed by atoms with E-state index in [-0.39, 0.29) is 11.8 Å². The zero-order chi connectivity index (χ0) is 17.0. The van der Waals surface area contributed by atoms with Gasteiger partial charge in [-0.25, -0.2) is 0 Å². The predicted molar refractivity (Wildman–Crippen MR) is 91.2 cm³/mol. The third kappa shape index (κ3) is 4.10. The van der Waals surface area contributed by atoms with Gasteiger partial charge < -0.3 is 15.4 Å². The maximum absolute atomic E-state index is 12.5. The molecule has 5 heteroatoms. The molecule has 0 atom stereocenters. The molecule has 0 radical (unpaired) electrons. The zero-order valence-electron chi connectivity index (χ0n) is 13.7. The second kappa shape index (κ2) is 6.96. The van der Waals surface area contributed by atoms with E-state index >= 15 is 0 Å². The fourth-order valence-corrected chi connectivity index (χ4v) is 2.20. The Bertz CT molecular complexity index is 754. The van der Waals surface area contributed by atoms with Crippen molar-refractivity contribution in [2.24, 2.45) is 0 Å². The average molecular weight is 312 g/mol. The van der Waals surface area contributed by atoms with Crippen molar-refractivity contribution in [3.05, 3.63) is 53.1 Å². The van der Waals surface area contributed by atoms with Gasteiger partial charge in [0.15, 0.2) is 0 Å². The van der Waals surface area contributed by atoms with Gasteiger partial charge in [0.2, 0.25) is 5.91 Å². The van der Waals surface area contributed by atoms with Gasteiger partial charge in [-0.15, -0.1) is 0 Å². The molecular weight excluding hydrogens is 292 g/mol. The molecule has 2 aromatic carbocycles. The van der Waals surface area contributed by atoms with Crippen LogP contribution in [0.2, 0.25) is 0 Å². The molecule has 5 nitrogen and oxygen atoms in total. The zero-order valence-corrected chi connectivity index (χ0v) is 13.7. The Hall–Kier alpha value is -2.82. The molecule has 2 rings (SSSR count). The number of anilines is 2. The van der Waals surface area contributed by atoms with Crippen LogP contribution in [0.1, 0.15) is 28.4 Å². The number of aryl methyl sites for hydroxylation is 2. The van der Waals surface area contributed by atoms with Crippen LogP contribution in [0.4, 0.5) is 11.4 Å². The van der Waals surface area contributed by atoms with Gasteiger partial charge in [-0.3, -0.25) is 9.59 Å². The van der Waals surface area contributed by atoms with E-state index < -0.39 is 0 Å². The first-order chi connectivity index (χ1) is 10.9. The SMILES string of the molecule is COc1ccc(C(=O)Nc2cc(C)ccc2C)cc1NC(C)=O. The molecule has 0 aliphatic rings. The second-order valence-electron chi connectivity index (χ2n) is 5.37. The van der Waals surface area contributed by atoms with Crippen LogP contribution in [0.5, 0.6) is 5.75 Å². The van der Waals surface area contributed by atoms with Gasteiger partial charge in [-0.2, -0.15) is 0 Å². The molecule has 0 unspecified atom stereocenters. The van der Waals surface area contributed by atoms with Crippen LogP contribution < -0.4 is 15.4 Å². The summed E-state index contributed by atoms with van der Waals surface area (Å²) in [6.45, 7) is 5.31. The Labute approximate surface area is 135 Å². The summed E-state index contributed by atoms with van der Waals surface area (Å²) in [6, 6.07) is 10.8. The highest BCUT2D eigenvalue weighted by Crippen LogP contribution is 2.26. The Morgan fingerprint density at radius 1 is 0.957 bits per heavy atom. The van der Waals surface area contributed by atoms with Crippen LogP contribution in [0.15, 0.2) is 36.4 Å². The molecule has 2 amide bonds. The van der Waals surface area contributed by atoms with E-state index in [2.05, 4.69) is 10.6 Å². The molecule has 0 saturated heterocycles. The third-order valence-corrected chi connectivity index (χ3v) is 3.41. The second-order valence-corrected chi connectivity index (χ2v) is 5.37. The largest absolute Gasteiger partial charge is 0.495 e. The van der Waals surface area contributed by atoms with Crippen molar-refractivity contribution in [2.75, 3.05) is 17.7 Å². The molecule has 0 aromatic heterocycles. The van der Waals surface area contributed by atoms with Crippen LogP contribution in [0.3, 0.4) is 0 Å². The molecule has 0 saturated carbocycles. The lowest BCUT2D eigenvalue weighted by molar-refractivity contribution is -0.114. The molecule has 0 spiro atoms. The van der Waals surface area contributed by atoms with Crippen molar-refractivity contribution in [3.63, 3.8) is 0 Å². The van der Waals surface area contributed by atoms with Crippen molar-refractivity contribution in [3.8, 4) is 5.75 Å². The minimum atomic E-state index is -0.243. The first kappa shape index (κ1) is 16.5. The molecule has 120 valence electrons. The van der Waals surface area contributed by atoms with Crippen LogP contribution in [0.25, 0.3) is 0 Å². The van der Waals surface area contributed by atoms with Crippen molar-refractivity contribution in [1.29, 1.82) is 0 Å². The molecule has 23 heavy (non-hydrogen) atoms. The number of carbonyl (C=O) groups is 2. The van der Waals surface area contributed by atoms with Gasteiger partial charge in [0.25, 0.3) is 5.91 Å². The third-order valence-electron chi connectivity index (χ3n) is 3.41. The van der Waals surface area contributed by atoms with E-state index in [1.54, 1.807) is 18.2 Å². The lowest BCUT2D eigenvalue weighted by Gasteiger charge is -2.12.